The van der Waals surface area contributed by atoms with Gasteiger partial charge in [-0.15, -0.1) is 0 Å². The molecule has 1 nitrogen and oxygen atoms in total. The molecular weight excluding hydrogens is 170 g/mol. The van der Waals surface area contributed by atoms with E-state index in [-0.39, 0.29) is 0 Å². The SMILES string of the molecule is C=C(/C=C\C=C/C)C1CCN(CC)C1. The molecule has 0 saturated carbocycles. The van der Waals surface area contributed by atoms with Crippen LogP contribution in [0.25, 0.3) is 0 Å². The molecule has 1 atom stereocenters. The second kappa shape index (κ2) is 5.82. The van der Waals surface area contributed by atoms with Crippen molar-refractivity contribution >= 4 is 0 Å². The van der Waals surface area contributed by atoms with Crippen LogP contribution < -0.4 is 0 Å². The van der Waals surface area contributed by atoms with Crippen molar-refractivity contribution in [1.82, 2.24) is 4.90 Å². The fraction of sp³-hybridized carbons (Fsp3) is 0.538. The second-order valence-electron chi connectivity index (χ2n) is 3.84. The molecule has 14 heavy (non-hydrogen) atoms. The highest BCUT2D eigenvalue weighted by atomic mass is 15.1. The average Bonchev–Trinajstić information content (AvgIpc) is 2.66. The molecule has 1 aliphatic heterocycles. The van der Waals surface area contributed by atoms with E-state index < -0.39 is 0 Å². The number of rotatable bonds is 4. The zero-order valence-corrected chi connectivity index (χ0v) is 9.37. The maximum atomic E-state index is 4.13. The minimum Gasteiger partial charge on any atom is -0.303 e. The third kappa shape index (κ3) is 3.15. The van der Waals surface area contributed by atoms with E-state index in [1.165, 1.54) is 31.6 Å². The van der Waals surface area contributed by atoms with Gasteiger partial charge in [-0.2, -0.15) is 0 Å². The Bertz CT molecular complexity index is 238. The number of allylic oxidation sites excluding steroid dienone is 4. The lowest BCUT2D eigenvalue weighted by atomic mass is 9.99. The van der Waals surface area contributed by atoms with Crippen molar-refractivity contribution in [3.05, 3.63) is 36.5 Å². The Morgan fingerprint density at radius 2 is 2.29 bits per heavy atom. The van der Waals surface area contributed by atoms with Gasteiger partial charge in [-0.05, 0) is 32.4 Å². The molecule has 1 fully saturated rings. The summed E-state index contributed by atoms with van der Waals surface area (Å²) >= 11 is 0. The van der Waals surface area contributed by atoms with Gasteiger partial charge in [0.15, 0.2) is 0 Å². The van der Waals surface area contributed by atoms with Gasteiger partial charge in [0, 0.05) is 6.54 Å². The van der Waals surface area contributed by atoms with Crippen LogP contribution in [0.2, 0.25) is 0 Å². The van der Waals surface area contributed by atoms with Gasteiger partial charge in [0.25, 0.3) is 0 Å². The summed E-state index contributed by atoms with van der Waals surface area (Å²) < 4.78 is 0. The zero-order chi connectivity index (χ0) is 10.4. The van der Waals surface area contributed by atoms with E-state index in [1.807, 2.05) is 13.0 Å². The maximum absolute atomic E-state index is 4.13. The van der Waals surface area contributed by atoms with Crippen LogP contribution in [0, 0.1) is 5.92 Å². The van der Waals surface area contributed by atoms with Gasteiger partial charge < -0.3 is 4.90 Å². The Hall–Kier alpha value is -0.820. The van der Waals surface area contributed by atoms with Crippen LogP contribution in [0.4, 0.5) is 0 Å². The summed E-state index contributed by atoms with van der Waals surface area (Å²) in [6.45, 7) is 12.0. The first kappa shape index (κ1) is 11.3. The summed E-state index contributed by atoms with van der Waals surface area (Å²) in [5.74, 6) is 0.677. The number of nitrogens with zero attached hydrogens (tertiary/aromatic N) is 1. The van der Waals surface area contributed by atoms with Gasteiger partial charge in [0.1, 0.15) is 0 Å². The Kier molecular flexibility index (Phi) is 4.68. The fourth-order valence-corrected chi connectivity index (χ4v) is 1.85. The van der Waals surface area contributed by atoms with Crippen molar-refractivity contribution in [3.63, 3.8) is 0 Å². The van der Waals surface area contributed by atoms with Crippen molar-refractivity contribution in [3.8, 4) is 0 Å². The van der Waals surface area contributed by atoms with E-state index in [2.05, 4.69) is 36.6 Å². The first-order valence-corrected chi connectivity index (χ1v) is 5.48. The Morgan fingerprint density at radius 1 is 1.50 bits per heavy atom. The lowest BCUT2D eigenvalue weighted by molar-refractivity contribution is 0.350. The quantitative estimate of drug-likeness (QED) is 0.617. The number of hydrogen-bond acceptors (Lipinski definition) is 1. The molecule has 1 aliphatic rings. The van der Waals surface area contributed by atoms with Gasteiger partial charge in [-0.1, -0.05) is 43.4 Å². The second-order valence-corrected chi connectivity index (χ2v) is 3.84. The number of likely N-dealkylation sites (tertiary alicyclic amines) is 1. The lowest BCUT2D eigenvalue weighted by Crippen LogP contribution is -2.19. The summed E-state index contributed by atoms with van der Waals surface area (Å²) in [5, 5.41) is 0. The van der Waals surface area contributed by atoms with E-state index >= 15 is 0 Å². The molecule has 0 spiro atoms. The van der Waals surface area contributed by atoms with Crippen LogP contribution >= 0.6 is 0 Å². The predicted octanol–water partition coefficient (Wildman–Crippen LogP) is 3.02. The molecule has 0 aliphatic carbocycles. The summed E-state index contributed by atoms with van der Waals surface area (Å²) in [7, 11) is 0. The van der Waals surface area contributed by atoms with Crippen molar-refractivity contribution in [2.45, 2.75) is 20.3 Å². The molecule has 0 radical (unpaired) electrons. The first-order chi connectivity index (χ1) is 6.77. The summed E-state index contributed by atoms with van der Waals surface area (Å²) in [6.07, 6.45) is 9.59. The maximum Gasteiger partial charge on any atom is 0.00504 e. The smallest absolute Gasteiger partial charge is 0.00504 e. The van der Waals surface area contributed by atoms with Crippen LogP contribution in [-0.2, 0) is 0 Å². The van der Waals surface area contributed by atoms with Gasteiger partial charge in [-0.3, -0.25) is 0 Å². The van der Waals surface area contributed by atoms with E-state index in [1.54, 1.807) is 0 Å². The third-order valence-electron chi connectivity index (χ3n) is 2.86. The van der Waals surface area contributed by atoms with Gasteiger partial charge >= 0.3 is 0 Å². The van der Waals surface area contributed by atoms with E-state index in [4.69, 9.17) is 0 Å². The Balaban J connectivity index is 2.39. The van der Waals surface area contributed by atoms with Crippen molar-refractivity contribution < 1.29 is 0 Å². The van der Waals surface area contributed by atoms with Gasteiger partial charge in [0.05, 0.1) is 0 Å². The standard InChI is InChI=1S/C13H21N/c1-4-6-7-8-12(3)13-9-10-14(5-2)11-13/h4,6-8,13H,3,5,9-11H2,1-2H3/b6-4-,8-7-. The molecule has 1 rings (SSSR count). The molecule has 1 saturated heterocycles. The molecule has 0 N–H and O–H groups in total. The van der Waals surface area contributed by atoms with Crippen molar-refractivity contribution in [1.29, 1.82) is 0 Å². The molecule has 78 valence electrons. The van der Waals surface area contributed by atoms with Crippen LogP contribution in [0.15, 0.2) is 36.5 Å². The summed E-state index contributed by atoms with van der Waals surface area (Å²) in [4.78, 5) is 2.49. The van der Waals surface area contributed by atoms with E-state index in [9.17, 15) is 0 Å². The Labute approximate surface area is 87.8 Å². The molecule has 0 amide bonds. The van der Waals surface area contributed by atoms with Gasteiger partial charge in [-0.25, -0.2) is 0 Å². The van der Waals surface area contributed by atoms with E-state index in [0.717, 1.165) is 0 Å². The summed E-state index contributed by atoms with van der Waals surface area (Å²) in [6, 6.07) is 0. The normalized spacial score (nSPS) is 24.0. The molecule has 1 heterocycles. The van der Waals surface area contributed by atoms with Crippen molar-refractivity contribution in [2.75, 3.05) is 19.6 Å². The molecule has 0 aromatic rings. The highest BCUT2D eigenvalue weighted by molar-refractivity contribution is 5.22. The largest absolute Gasteiger partial charge is 0.303 e. The monoisotopic (exact) mass is 191 g/mol. The molecule has 0 bridgehead atoms. The molecular formula is C13H21N. The minimum atomic E-state index is 0.677. The highest BCUT2D eigenvalue weighted by Gasteiger charge is 2.21. The average molecular weight is 191 g/mol. The predicted molar refractivity (Wildman–Crippen MR) is 63.3 cm³/mol. The van der Waals surface area contributed by atoms with Crippen LogP contribution in [0.3, 0.4) is 0 Å². The van der Waals surface area contributed by atoms with Crippen LogP contribution in [0.5, 0.6) is 0 Å². The zero-order valence-electron chi connectivity index (χ0n) is 9.37. The third-order valence-corrected chi connectivity index (χ3v) is 2.86. The van der Waals surface area contributed by atoms with Crippen LogP contribution in [-0.4, -0.2) is 24.5 Å². The first-order valence-electron chi connectivity index (χ1n) is 5.48. The molecule has 1 unspecified atom stereocenters. The molecule has 1 heteroatoms. The lowest BCUT2D eigenvalue weighted by Gasteiger charge is -2.12. The Morgan fingerprint density at radius 3 is 2.86 bits per heavy atom. The highest BCUT2D eigenvalue weighted by Crippen LogP contribution is 2.23. The minimum absolute atomic E-state index is 0.677. The van der Waals surface area contributed by atoms with E-state index in [0.29, 0.717) is 5.92 Å². The number of hydrogen-bond donors (Lipinski definition) is 0. The molecule has 0 aromatic carbocycles. The summed E-state index contributed by atoms with van der Waals surface area (Å²) in [5.41, 5.74) is 1.28. The fourth-order valence-electron chi connectivity index (χ4n) is 1.85. The van der Waals surface area contributed by atoms with Crippen molar-refractivity contribution in [2.24, 2.45) is 5.92 Å². The van der Waals surface area contributed by atoms with Gasteiger partial charge in [0.2, 0.25) is 0 Å². The topological polar surface area (TPSA) is 3.24 Å². The molecule has 0 aromatic heterocycles. The van der Waals surface area contributed by atoms with Crippen LogP contribution in [0.1, 0.15) is 20.3 Å².